The Balaban J connectivity index is 1.49. The van der Waals surface area contributed by atoms with Gasteiger partial charge in [0.1, 0.15) is 0 Å². The van der Waals surface area contributed by atoms with Crippen LogP contribution in [0.15, 0.2) is 35.5 Å². The van der Waals surface area contributed by atoms with Crippen LogP contribution in [-0.2, 0) is 9.59 Å². The van der Waals surface area contributed by atoms with Crippen LogP contribution in [-0.4, -0.2) is 27.5 Å². The predicted octanol–water partition coefficient (Wildman–Crippen LogP) is 3.41. The van der Waals surface area contributed by atoms with Crippen molar-refractivity contribution in [3.05, 3.63) is 47.3 Å². The Morgan fingerprint density at radius 2 is 1.78 bits per heavy atom. The van der Waals surface area contributed by atoms with Crippen LogP contribution < -0.4 is 10.6 Å². The average molecular weight is 385 g/mol. The fraction of sp³-hybridized carbons (Fsp3) is 0.400. The summed E-state index contributed by atoms with van der Waals surface area (Å²) in [5.41, 5.74) is 3.57. The number of anilines is 1. The lowest BCUT2D eigenvalue weighted by molar-refractivity contribution is -0.119. The molecule has 3 rings (SSSR count). The smallest absolute Gasteiger partial charge is 0.230 e. The van der Waals surface area contributed by atoms with Gasteiger partial charge in [0, 0.05) is 23.0 Å². The van der Waals surface area contributed by atoms with Gasteiger partial charge in [-0.05, 0) is 57.4 Å². The van der Waals surface area contributed by atoms with Crippen LogP contribution in [0, 0.1) is 19.8 Å². The lowest BCUT2D eigenvalue weighted by Gasteiger charge is -2.15. The summed E-state index contributed by atoms with van der Waals surface area (Å²) < 4.78 is 0. The van der Waals surface area contributed by atoms with Crippen molar-refractivity contribution in [2.24, 2.45) is 5.92 Å². The molecule has 0 aliphatic heterocycles. The fourth-order valence-electron chi connectivity index (χ4n) is 2.70. The lowest BCUT2D eigenvalue weighted by atomic mass is 10.1. The van der Waals surface area contributed by atoms with Crippen molar-refractivity contribution in [1.29, 1.82) is 0 Å². The van der Waals surface area contributed by atoms with E-state index in [0.717, 1.165) is 35.5 Å². The molecule has 1 aromatic carbocycles. The van der Waals surface area contributed by atoms with Gasteiger partial charge >= 0.3 is 0 Å². The topological polar surface area (TPSA) is 84.0 Å². The van der Waals surface area contributed by atoms with Crippen LogP contribution in [0.5, 0.6) is 0 Å². The predicted molar refractivity (Wildman–Crippen MR) is 107 cm³/mol. The number of aromatic nitrogens is 2. The maximum atomic E-state index is 12.2. The molecule has 7 heteroatoms. The molecule has 0 spiro atoms. The van der Waals surface area contributed by atoms with Gasteiger partial charge in [0.25, 0.3) is 0 Å². The SMILES string of the molecule is Cc1cc(C)nc(SCC(=O)N[C@H](C)c2ccc(NC(=O)C3CC3)cc2)n1. The monoisotopic (exact) mass is 384 g/mol. The van der Waals surface area contributed by atoms with Crippen molar-refractivity contribution >= 4 is 29.3 Å². The highest BCUT2D eigenvalue weighted by atomic mass is 32.2. The third-order valence-electron chi connectivity index (χ3n) is 4.30. The number of thioether (sulfide) groups is 1. The van der Waals surface area contributed by atoms with E-state index in [0.29, 0.717) is 5.16 Å². The molecule has 1 aliphatic carbocycles. The molecule has 6 nitrogen and oxygen atoms in total. The van der Waals surface area contributed by atoms with Gasteiger partial charge in [-0.15, -0.1) is 0 Å². The Morgan fingerprint density at radius 1 is 1.15 bits per heavy atom. The van der Waals surface area contributed by atoms with Gasteiger partial charge in [0.2, 0.25) is 11.8 Å². The summed E-state index contributed by atoms with van der Waals surface area (Å²) in [6.45, 7) is 5.77. The van der Waals surface area contributed by atoms with Crippen LogP contribution in [0.4, 0.5) is 5.69 Å². The summed E-state index contributed by atoms with van der Waals surface area (Å²) >= 11 is 1.33. The summed E-state index contributed by atoms with van der Waals surface area (Å²) in [5.74, 6) is 0.473. The summed E-state index contributed by atoms with van der Waals surface area (Å²) in [6.07, 6.45) is 1.97. The van der Waals surface area contributed by atoms with Gasteiger partial charge in [0.05, 0.1) is 11.8 Å². The molecule has 0 saturated heterocycles. The Kier molecular flexibility index (Phi) is 6.11. The number of nitrogens with one attached hydrogen (secondary N) is 2. The van der Waals surface area contributed by atoms with Crippen LogP contribution in [0.2, 0.25) is 0 Å². The van der Waals surface area contributed by atoms with Crippen molar-refractivity contribution in [3.63, 3.8) is 0 Å². The van der Waals surface area contributed by atoms with Crippen LogP contribution >= 0.6 is 11.8 Å². The zero-order valence-electron chi connectivity index (χ0n) is 15.8. The van der Waals surface area contributed by atoms with E-state index in [1.54, 1.807) is 0 Å². The standard InChI is InChI=1S/C20H24N4O2S/c1-12-10-13(2)22-20(21-12)27-11-18(25)23-14(3)15-6-8-17(9-7-15)24-19(26)16-4-5-16/h6-10,14,16H,4-5,11H2,1-3H3,(H,23,25)(H,24,26)/t14-/m1/s1. The first-order valence-corrected chi connectivity index (χ1v) is 10.0. The number of hydrogen-bond donors (Lipinski definition) is 2. The highest BCUT2D eigenvalue weighted by Crippen LogP contribution is 2.30. The third kappa shape index (κ3) is 5.79. The van der Waals surface area contributed by atoms with Crippen LogP contribution in [0.1, 0.15) is 42.8 Å². The van der Waals surface area contributed by atoms with E-state index in [1.807, 2.05) is 51.1 Å². The first-order valence-electron chi connectivity index (χ1n) is 9.06. The highest BCUT2D eigenvalue weighted by Gasteiger charge is 2.29. The molecule has 2 amide bonds. The zero-order valence-corrected chi connectivity index (χ0v) is 16.6. The number of hydrogen-bond acceptors (Lipinski definition) is 5. The van der Waals surface area contributed by atoms with E-state index in [9.17, 15) is 9.59 Å². The van der Waals surface area contributed by atoms with E-state index in [2.05, 4.69) is 20.6 Å². The number of amides is 2. The van der Waals surface area contributed by atoms with E-state index >= 15 is 0 Å². The molecule has 0 radical (unpaired) electrons. The van der Waals surface area contributed by atoms with Crippen LogP contribution in [0.3, 0.4) is 0 Å². The molecule has 27 heavy (non-hydrogen) atoms. The molecule has 2 aromatic rings. The molecule has 1 fully saturated rings. The molecule has 1 atom stereocenters. The molecule has 0 unspecified atom stereocenters. The lowest BCUT2D eigenvalue weighted by Crippen LogP contribution is -2.28. The fourth-order valence-corrected chi connectivity index (χ4v) is 3.46. The van der Waals surface area contributed by atoms with E-state index < -0.39 is 0 Å². The van der Waals surface area contributed by atoms with Gasteiger partial charge in [-0.25, -0.2) is 9.97 Å². The van der Waals surface area contributed by atoms with Gasteiger partial charge in [-0.2, -0.15) is 0 Å². The second kappa shape index (κ2) is 8.52. The summed E-state index contributed by atoms with van der Waals surface area (Å²) in [7, 11) is 0. The quantitative estimate of drug-likeness (QED) is 0.564. The minimum Gasteiger partial charge on any atom is -0.349 e. The first kappa shape index (κ1) is 19.4. The molecular formula is C20H24N4O2S. The van der Waals surface area contributed by atoms with Crippen molar-refractivity contribution < 1.29 is 9.59 Å². The van der Waals surface area contributed by atoms with Crippen molar-refractivity contribution in [3.8, 4) is 0 Å². The molecular weight excluding hydrogens is 360 g/mol. The summed E-state index contributed by atoms with van der Waals surface area (Å²) in [5, 5.41) is 6.51. The molecule has 1 aliphatic rings. The Labute approximate surface area is 163 Å². The molecule has 1 heterocycles. The van der Waals surface area contributed by atoms with Crippen molar-refractivity contribution in [1.82, 2.24) is 15.3 Å². The maximum Gasteiger partial charge on any atom is 0.230 e. The van der Waals surface area contributed by atoms with Crippen molar-refractivity contribution in [2.45, 2.75) is 44.8 Å². The van der Waals surface area contributed by atoms with Gasteiger partial charge < -0.3 is 10.6 Å². The minimum absolute atomic E-state index is 0.0682. The number of aryl methyl sites for hydroxylation is 2. The van der Waals surface area contributed by atoms with Crippen molar-refractivity contribution in [2.75, 3.05) is 11.1 Å². The average Bonchev–Trinajstić information content (AvgIpc) is 3.45. The first-order chi connectivity index (χ1) is 12.9. The van der Waals surface area contributed by atoms with Crippen LogP contribution in [0.25, 0.3) is 0 Å². The molecule has 2 N–H and O–H groups in total. The zero-order chi connectivity index (χ0) is 19.4. The number of carbonyl (C=O) groups excluding carboxylic acids is 2. The van der Waals surface area contributed by atoms with E-state index in [-0.39, 0.29) is 29.5 Å². The Bertz CT molecular complexity index is 814. The largest absolute Gasteiger partial charge is 0.349 e. The molecule has 142 valence electrons. The Morgan fingerprint density at radius 3 is 2.37 bits per heavy atom. The second-order valence-electron chi connectivity index (χ2n) is 6.90. The third-order valence-corrected chi connectivity index (χ3v) is 5.15. The summed E-state index contributed by atoms with van der Waals surface area (Å²) in [6, 6.07) is 9.38. The maximum absolute atomic E-state index is 12.2. The van der Waals surface area contributed by atoms with Gasteiger partial charge in [-0.3, -0.25) is 9.59 Å². The summed E-state index contributed by atoms with van der Waals surface area (Å²) in [4.78, 5) is 32.7. The van der Waals surface area contributed by atoms with E-state index in [4.69, 9.17) is 0 Å². The number of carbonyl (C=O) groups is 2. The second-order valence-corrected chi connectivity index (χ2v) is 7.84. The number of nitrogens with zero attached hydrogens (tertiary/aromatic N) is 2. The molecule has 1 saturated carbocycles. The van der Waals surface area contributed by atoms with Gasteiger partial charge in [0.15, 0.2) is 5.16 Å². The number of rotatable bonds is 7. The highest BCUT2D eigenvalue weighted by molar-refractivity contribution is 7.99. The number of benzene rings is 1. The van der Waals surface area contributed by atoms with E-state index in [1.165, 1.54) is 11.8 Å². The molecule has 0 bridgehead atoms. The Hall–Kier alpha value is -2.41. The molecule has 1 aromatic heterocycles. The van der Waals surface area contributed by atoms with Gasteiger partial charge in [-0.1, -0.05) is 23.9 Å². The normalized spacial score (nSPS) is 14.5. The minimum atomic E-state index is -0.119.